The van der Waals surface area contributed by atoms with Crippen molar-refractivity contribution in [2.45, 2.75) is 32.6 Å². The summed E-state index contributed by atoms with van der Waals surface area (Å²) in [5.41, 5.74) is 0.813. The molecule has 104 valence electrons. The van der Waals surface area contributed by atoms with Crippen molar-refractivity contribution in [2.24, 2.45) is 0 Å². The van der Waals surface area contributed by atoms with E-state index in [1.54, 1.807) is 6.07 Å². The second-order valence-electron chi connectivity index (χ2n) is 4.27. The molecule has 0 amide bonds. The minimum Gasteiger partial charge on any atom is -0.389 e. The molecule has 0 bridgehead atoms. The molecule has 6 heteroatoms. The number of aromatic nitrogens is 1. The Morgan fingerprint density at radius 2 is 2.28 bits per heavy atom. The average molecular weight is 258 g/mol. The van der Waals surface area contributed by atoms with E-state index >= 15 is 0 Å². The predicted molar refractivity (Wildman–Crippen MR) is 66.1 cm³/mol. The molecule has 1 atom stereocenters. The van der Waals surface area contributed by atoms with Gasteiger partial charge in [0.1, 0.15) is 6.26 Å². The van der Waals surface area contributed by atoms with Crippen molar-refractivity contribution in [3.05, 3.63) is 18.0 Å². The molecule has 0 aliphatic heterocycles. The van der Waals surface area contributed by atoms with Gasteiger partial charge >= 0.3 is 0 Å². The average Bonchev–Trinajstić information content (AvgIpc) is 2.81. The van der Waals surface area contributed by atoms with Gasteiger partial charge in [-0.05, 0) is 13.8 Å². The van der Waals surface area contributed by atoms with Gasteiger partial charge in [0.25, 0.3) is 0 Å². The Bertz CT molecular complexity index is 290. The summed E-state index contributed by atoms with van der Waals surface area (Å²) < 4.78 is 15.3. The fraction of sp³-hybridized carbons (Fsp3) is 0.750. The lowest BCUT2D eigenvalue weighted by Crippen LogP contribution is -2.30. The zero-order valence-electron chi connectivity index (χ0n) is 11.0. The molecule has 0 saturated heterocycles. The number of nitrogens with one attached hydrogen (secondary N) is 1. The highest BCUT2D eigenvalue weighted by Crippen LogP contribution is 1.93. The summed E-state index contributed by atoms with van der Waals surface area (Å²) in [6.07, 6.45) is 1.20. The summed E-state index contributed by atoms with van der Waals surface area (Å²) >= 11 is 0. The fourth-order valence-corrected chi connectivity index (χ4v) is 1.32. The van der Waals surface area contributed by atoms with Gasteiger partial charge < -0.3 is 24.4 Å². The van der Waals surface area contributed by atoms with Crippen molar-refractivity contribution in [3.8, 4) is 0 Å². The number of aliphatic hydroxyl groups excluding tert-OH is 1. The van der Waals surface area contributed by atoms with Crippen LogP contribution in [0.5, 0.6) is 0 Å². The van der Waals surface area contributed by atoms with Crippen molar-refractivity contribution in [1.82, 2.24) is 10.5 Å². The molecule has 0 saturated carbocycles. The van der Waals surface area contributed by atoms with E-state index in [1.165, 1.54) is 6.26 Å². The van der Waals surface area contributed by atoms with Gasteiger partial charge in [-0.25, -0.2) is 0 Å². The van der Waals surface area contributed by atoms with Crippen LogP contribution in [0.15, 0.2) is 16.9 Å². The normalized spacial score (nSPS) is 13.1. The number of hydrogen-bond acceptors (Lipinski definition) is 6. The van der Waals surface area contributed by atoms with Crippen LogP contribution < -0.4 is 5.32 Å². The Balaban J connectivity index is 1.92. The van der Waals surface area contributed by atoms with Crippen LogP contribution in [-0.2, 0) is 16.0 Å². The number of rotatable bonds is 10. The van der Waals surface area contributed by atoms with Gasteiger partial charge in [-0.3, -0.25) is 0 Å². The van der Waals surface area contributed by atoms with E-state index < -0.39 is 6.10 Å². The van der Waals surface area contributed by atoms with E-state index in [0.717, 1.165) is 5.69 Å². The molecule has 0 aliphatic carbocycles. The van der Waals surface area contributed by atoms with E-state index in [2.05, 4.69) is 10.5 Å². The zero-order chi connectivity index (χ0) is 13.2. The van der Waals surface area contributed by atoms with Gasteiger partial charge in [0, 0.05) is 19.2 Å². The minimum atomic E-state index is -0.532. The highest BCUT2D eigenvalue weighted by molar-refractivity contribution is 4.94. The van der Waals surface area contributed by atoms with Crippen molar-refractivity contribution in [3.63, 3.8) is 0 Å². The standard InChI is InChI=1S/C12H22N2O4/c1-10(2)17-6-5-16-9-12(15)8-13-7-11-3-4-18-14-11/h3-4,10,12-13,15H,5-9H2,1-2H3. The summed E-state index contributed by atoms with van der Waals surface area (Å²) in [5, 5.41) is 16.4. The molecule has 0 radical (unpaired) electrons. The van der Waals surface area contributed by atoms with Gasteiger partial charge in [0.15, 0.2) is 0 Å². The molecule has 1 aromatic rings. The van der Waals surface area contributed by atoms with Crippen LogP contribution in [0.4, 0.5) is 0 Å². The molecular formula is C12H22N2O4. The van der Waals surface area contributed by atoms with E-state index in [0.29, 0.717) is 32.9 Å². The van der Waals surface area contributed by atoms with E-state index in [9.17, 15) is 5.11 Å². The van der Waals surface area contributed by atoms with Crippen LogP contribution in [0, 0.1) is 0 Å². The molecule has 0 aliphatic rings. The topological polar surface area (TPSA) is 76.8 Å². The minimum absolute atomic E-state index is 0.211. The SMILES string of the molecule is CC(C)OCCOCC(O)CNCc1ccon1. The molecule has 1 unspecified atom stereocenters. The van der Waals surface area contributed by atoms with Crippen molar-refractivity contribution >= 4 is 0 Å². The highest BCUT2D eigenvalue weighted by atomic mass is 16.5. The third-order valence-electron chi connectivity index (χ3n) is 2.17. The van der Waals surface area contributed by atoms with Crippen LogP contribution >= 0.6 is 0 Å². The zero-order valence-corrected chi connectivity index (χ0v) is 11.0. The van der Waals surface area contributed by atoms with Crippen LogP contribution in [0.2, 0.25) is 0 Å². The molecule has 1 heterocycles. The van der Waals surface area contributed by atoms with Gasteiger partial charge in [0.2, 0.25) is 0 Å². The van der Waals surface area contributed by atoms with E-state index in [1.807, 2.05) is 13.8 Å². The van der Waals surface area contributed by atoms with Crippen LogP contribution in [0.3, 0.4) is 0 Å². The third kappa shape index (κ3) is 7.39. The molecule has 18 heavy (non-hydrogen) atoms. The monoisotopic (exact) mass is 258 g/mol. The predicted octanol–water partition coefficient (Wildman–Crippen LogP) is 0.567. The van der Waals surface area contributed by atoms with Crippen molar-refractivity contribution < 1.29 is 19.1 Å². The van der Waals surface area contributed by atoms with Gasteiger partial charge in [-0.1, -0.05) is 5.16 Å². The summed E-state index contributed by atoms with van der Waals surface area (Å²) in [7, 11) is 0. The molecule has 0 fully saturated rings. The molecule has 2 N–H and O–H groups in total. The quantitative estimate of drug-likeness (QED) is 0.597. The van der Waals surface area contributed by atoms with Crippen LogP contribution in [-0.4, -0.2) is 48.8 Å². The number of ether oxygens (including phenoxy) is 2. The molecular weight excluding hydrogens is 236 g/mol. The molecule has 1 aromatic heterocycles. The van der Waals surface area contributed by atoms with Crippen molar-refractivity contribution in [2.75, 3.05) is 26.4 Å². The van der Waals surface area contributed by atoms with E-state index in [4.69, 9.17) is 14.0 Å². The van der Waals surface area contributed by atoms with Crippen LogP contribution in [0.25, 0.3) is 0 Å². The molecule has 1 rings (SSSR count). The van der Waals surface area contributed by atoms with Gasteiger partial charge in [-0.15, -0.1) is 0 Å². The first-order chi connectivity index (χ1) is 8.68. The second kappa shape index (κ2) is 9.04. The summed E-state index contributed by atoms with van der Waals surface area (Å²) in [6, 6.07) is 1.78. The Kier molecular flexibility index (Phi) is 7.59. The maximum Gasteiger partial charge on any atom is 0.124 e. The number of nitrogens with zero attached hydrogens (tertiary/aromatic N) is 1. The Morgan fingerprint density at radius 1 is 1.44 bits per heavy atom. The Labute approximate surface area is 107 Å². The Hall–Kier alpha value is -0.950. The lowest BCUT2D eigenvalue weighted by molar-refractivity contribution is -0.0100. The first-order valence-corrected chi connectivity index (χ1v) is 6.16. The summed E-state index contributed by atoms with van der Waals surface area (Å²) in [4.78, 5) is 0. The number of hydrogen-bond donors (Lipinski definition) is 2. The lowest BCUT2D eigenvalue weighted by Gasteiger charge is -2.12. The van der Waals surface area contributed by atoms with Crippen LogP contribution in [0.1, 0.15) is 19.5 Å². The molecule has 0 aromatic carbocycles. The molecule has 0 spiro atoms. The maximum atomic E-state index is 9.61. The van der Waals surface area contributed by atoms with Gasteiger partial charge in [0.05, 0.1) is 37.7 Å². The maximum absolute atomic E-state index is 9.61. The smallest absolute Gasteiger partial charge is 0.124 e. The van der Waals surface area contributed by atoms with Crippen molar-refractivity contribution in [1.29, 1.82) is 0 Å². The first-order valence-electron chi connectivity index (χ1n) is 6.16. The number of aliphatic hydroxyl groups is 1. The largest absolute Gasteiger partial charge is 0.389 e. The third-order valence-corrected chi connectivity index (χ3v) is 2.17. The second-order valence-corrected chi connectivity index (χ2v) is 4.27. The summed E-state index contributed by atoms with van der Waals surface area (Å²) in [5.74, 6) is 0. The Morgan fingerprint density at radius 3 is 2.94 bits per heavy atom. The van der Waals surface area contributed by atoms with E-state index in [-0.39, 0.29) is 6.10 Å². The lowest BCUT2D eigenvalue weighted by atomic mass is 10.3. The van der Waals surface area contributed by atoms with Gasteiger partial charge in [-0.2, -0.15) is 0 Å². The first kappa shape index (κ1) is 15.1. The summed E-state index contributed by atoms with van der Waals surface area (Å²) in [6.45, 7) is 6.33. The molecule has 6 nitrogen and oxygen atoms in total. The highest BCUT2D eigenvalue weighted by Gasteiger charge is 2.04. The fourth-order valence-electron chi connectivity index (χ4n) is 1.32.